The number of hydrogen-bond acceptors (Lipinski definition) is 6. The Morgan fingerprint density at radius 1 is 0.299 bits per heavy atom. The average molecular weight is 936 g/mol. The molecular formula is C61H106O6. The topological polar surface area (TPSA) is 78.9 Å². The van der Waals surface area contributed by atoms with E-state index in [0.29, 0.717) is 19.3 Å². The van der Waals surface area contributed by atoms with Crippen LogP contribution in [0.25, 0.3) is 0 Å². The minimum atomic E-state index is -0.799. The van der Waals surface area contributed by atoms with Crippen LogP contribution in [0.1, 0.15) is 278 Å². The maximum Gasteiger partial charge on any atom is 0.306 e. The first-order valence-electron chi connectivity index (χ1n) is 28.4. The number of ether oxygens (including phenoxy) is 3. The van der Waals surface area contributed by atoms with E-state index in [0.717, 1.165) is 70.6 Å². The number of unbranched alkanes of at least 4 members (excludes halogenated alkanes) is 28. The lowest BCUT2D eigenvalue weighted by Crippen LogP contribution is -2.30. The molecule has 0 saturated carbocycles. The second-order valence-electron chi connectivity index (χ2n) is 18.8. The summed E-state index contributed by atoms with van der Waals surface area (Å²) in [6.07, 6.45) is 70.3. The fourth-order valence-corrected chi connectivity index (χ4v) is 7.83. The van der Waals surface area contributed by atoms with Crippen molar-refractivity contribution in [1.82, 2.24) is 0 Å². The summed E-state index contributed by atoms with van der Waals surface area (Å²) in [7, 11) is 0. The van der Waals surface area contributed by atoms with Gasteiger partial charge in [-0.1, -0.05) is 216 Å². The maximum atomic E-state index is 12.8. The van der Waals surface area contributed by atoms with Gasteiger partial charge in [0.25, 0.3) is 0 Å². The molecule has 0 heterocycles. The van der Waals surface area contributed by atoms with Gasteiger partial charge in [-0.25, -0.2) is 0 Å². The minimum absolute atomic E-state index is 0.0938. The molecule has 0 aromatic rings. The zero-order valence-electron chi connectivity index (χ0n) is 44.2. The van der Waals surface area contributed by atoms with E-state index >= 15 is 0 Å². The number of rotatable bonds is 51. The zero-order valence-corrected chi connectivity index (χ0v) is 44.2. The highest BCUT2D eigenvalue weighted by atomic mass is 16.6. The molecule has 1 atom stereocenters. The first-order chi connectivity index (χ1) is 33.0. The largest absolute Gasteiger partial charge is 0.462 e. The molecule has 0 aliphatic rings. The van der Waals surface area contributed by atoms with Crippen LogP contribution in [0.15, 0.2) is 72.9 Å². The fourth-order valence-electron chi connectivity index (χ4n) is 7.83. The van der Waals surface area contributed by atoms with Crippen LogP contribution < -0.4 is 0 Å². The summed E-state index contributed by atoms with van der Waals surface area (Å²) < 4.78 is 16.8. The molecule has 0 bridgehead atoms. The SMILES string of the molecule is CCCCC/C=C\C/C=C\C/C=C\CCCCC(=O)O[C@@H](COC(=O)CCCCCCCCC/C=C\CCCCCC)COC(=O)CCCCCCCCCCC/C=C\C/C=C\CCCCC. The number of carbonyl (C=O) groups is 3. The molecule has 0 amide bonds. The van der Waals surface area contributed by atoms with E-state index in [-0.39, 0.29) is 37.5 Å². The zero-order chi connectivity index (χ0) is 48.6. The second kappa shape index (κ2) is 55.4. The molecule has 0 aromatic carbocycles. The Bertz CT molecular complexity index is 1260. The molecule has 0 saturated heterocycles. The minimum Gasteiger partial charge on any atom is -0.462 e. The predicted molar refractivity (Wildman–Crippen MR) is 288 cm³/mol. The van der Waals surface area contributed by atoms with Crippen molar-refractivity contribution in [2.45, 2.75) is 284 Å². The normalized spacial score (nSPS) is 12.6. The number of esters is 3. The Morgan fingerprint density at radius 3 is 0.910 bits per heavy atom. The molecule has 0 rings (SSSR count). The van der Waals surface area contributed by atoms with Crippen LogP contribution in [0.2, 0.25) is 0 Å². The van der Waals surface area contributed by atoms with Crippen LogP contribution in [0.5, 0.6) is 0 Å². The third-order valence-corrected chi connectivity index (χ3v) is 12.2. The number of carbonyl (C=O) groups excluding carboxylic acids is 3. The Morgan fingerprint density at radius 2 is 0.537 bits per heavy atom. The lowest BCUT2D eigenvalue weighted by atomic mass is 10.1. The molecule has 67 heavy (non-hydrogen) atoms. The Hall–Kier alpha value is -3.15. The smallest absolute Gasteiger partial charge is 0.306 e. The molecule has 0 aliphatic heterocycles. The van der Waals surface area contributed by atoms with Gasteiger partial charge in [0.05, 0.1) is 0 Å². The highest BCUT2D eigenvalue weighted by molar-refractivity contribution is 5.71. The first kappa shape index (κ1) is 63.8. The van der Waals surface area contributed by atoms with Crippen LogP contribution in [0.4, 0.5) is 0 Å². The van der Waals surface area contributed by atoms with E-state index < -0.39 is 6.10 Å². The predicted octanol–water partition coefficient (Wildman–Crippen LogP) is 19.0. The van der Waals surface area contributed by atoms with Crippen LogP contribution in [-0.2, 0) is 28.6 Å². The van der Waals surface area contributed by atoms with Gasteiger partial charge in [-0.15, -0.1) is 0 Å². The summed E-state index contributed by atoms with van der Waals surface area (Å²) >= 11 is 0. The van der Waals surface area contributed by atoms with Crippen molar-refractivity contribution in [1.29, 1.82) is 0 Å². The third kappa shape index (κ3) is 53.7. The molecule has 0 fully saturated rings. The van der Waals surface area contributed by atoms with Crippen molar-refractivity contribution in [3.8, 4) is 0 Å². The summed E-state index contributed by atoms with van der Waals surface area (Å²) in [6.45, 7) is 6.55. The van der Waals surface area contributed by atoms with Crippen molar-refractivity contribution in [3.05, 3.63) is 72.9 Å². The van der Waals surface area contributed by atoms with E-state index in [1.54, 1.807) is 0 Å². The summed E-state index contributed by atoms with van der Waals surface area (Å²) in [5.41, 5.74) is 0. The van der Waals surface area contributed by atoms with Gasteiger partial charge in [0.1, 0.15) is 13.2 Å². The number of hydrogen-bond donors (Lipinski definition) is 0. The monoisotopic (exact) mass is 935 g/mol. The van der Waals surface area contributed by atoms with Gasteiger partial charge in [0, 0.05) is 19.3 Å². The van der Waals surface area contributed by atoms with Crippen molar-refractivity contribution in [3.63, 3.8) is 0 Å². The molecule has 0 spiro atoms. The van der Waals surface area contributed by atoms with Crippen LogP contribution >= 0.6 is 0 Å². The molecule has 386 valence electrons. The van der Waals surface area contributed by atoms with E-state index in [4.69, 9.17) is 14.2 Å². The van der Waals surface area contributed by atoms with Gasteiger partial charge in [-0.05, 0) is 116 Å². The van der Waals surface area contributed by atoms with Gasteiger partial charge in [0.2, 0.25) is 0 Å². The molecule has 0 aliphatic carbocycles. The van der Waals surface area contributed by atoms with Gasteiger partial charge >= 0.3 is 17.9 Å². The number of allylic oxidation sites excluding steroid dienone is 12. The van der Waals surface area contributed by atoms with Crippen molar-refractivity contribution in [2.24, 2.45) is 0 Å². The first-order valence-corrected chi connectivity index (χ1v) is 28.4. The summed E-state index contributed by atoms with van der Waals surface area (Å²) in [5, 5.41) is 0. The lowest BCUT2D eigenvalue weighted by Gasteiger charge is -2.18. The third-order valence-electron chi connectivity index (χ3n) is 12.2. The molecule has 6 heteroatoms. The van der Waals surface area contributed by atoms with Crippen LogP contribution in [-0.4, -0.2) is 37.2 Å². The quantitative estimate of drug-likeness (QED) is 0.0262. The fraction of sp³-hybridized carbons (Fsp3) is 0.754. The Balaban J connectivity index is 4.42. The standard InChI is InChI=1S/C61H106O6/c1-4-7-10-13-16-19-22-25-28-29-30-31-34-36-39-42-45-48-51-54-60(63)66-57-58(67-61(64)55-52-49-46-43-40-37-33-27-24-21-18-15-12-9-6-3)56-65-59(62)53-50-47-44-41-38-35-32-26-23-20-17-14-11-8-5-2/h16,18-21,23,25,27-28,33,40,43,58H,4-15,17,22,24,26,29-32,34-39,41-42,44-57H2,1-3H3/b19-16-,21-18-,23-20-,28-25-,33-27-,43-40-/t58-/m0/s1. The molecular weight excluding hydrogens is 829 g/mol. The highest BCUT2D eigenvalue weighted by Crippen LogP contribution is 2.15. The molecule has 0 N–H and O–H groups in total. The van der Waals surface area contributed by atoms with Crippen LogP contribution in [0, 0.1) is 0 Å². The molecule has 6 nitrogen and oxygen atoms in total. The Kier molecular flexibility index (Phi) is 52.8. The molecule has 0 aromatic heterocycles. The van der Waals surface area contributed by atoms with Gasteiger partial charge < -0.3 is 14.2 Å². The molecule has 0 radical (unpaired) electrons. The lowest BCUT2D eigenvalue weighted by molar-refractivity contribution is -0.167. The van der Waals surface area contributed by atoms with E-state index in [1.807, 2.05) is 0 Å². The van der Waals surface area contributed by atoms with E-state index in [1.165, 1.54) is 161 Å². The van der Waals surface area contributed by atoms with E-state index in [2.05, 4.69) is 93.7 Å². The Labute approximate surface area is 414 Å². The van der Waals surface area contributed by atoms with E-state index in [9.17, 15) is 14.4 Å². The summed E-state index contributed by atoms with van der Waals surface area (Å²) in [6, 6.07) is 0. The van der Waals surface area contributed by atoms with Gasteiger partial charge in [0.15, 0.2) is 6.10 Å². The van der Waals surface area contributed by atoms with Crippen molar-refractivity contribution < 1.29 is 28.6 Å². The van der Waals surface area contributed by atoms with Crippen LogP contribution in [0.3, 0.4) is 0 Å². The maximum absolute atomic E-state index is 12.8. The van der Waals surface area contributed by atoms with Gasteiger partial charge in [-0.2, -0.15) is 0 Å². The summed E-state index contributed by atoms with van der Waals surface area (Å²) in [5.74, 6) is -0.934. The van der Waals surface area contributed by atoms with Gasteiger partial charge in [-0.3, -0.25) is 14.4 Å². The summed E-state index contributed by atoms with van der Waals surface area (Å²) in [4.78, 5) is 38.1. The van der Waals surface area contributed by atoms with Crippen molar-refractivity contribution in [2.75, 3.05) is 13.2 Å². The second-order valence-corrected chi connectivity index (χ2v) is 18.8. The average Bonchev–Trinajstić information content (AvgIpc) is 3.33. The molecule has 0 unspecified atom stereocenters. The highest BCUT2D eigenvalue weighted by Gasteiger charge is 2.19. The van der Waals surface area contributed by atoms with Crippen molar-refractivity contribution >= 4 is 17.9 Å².